The van der Waals surface area contributed by atoms with Crippen LogP contribution in [0.3, 0.4) is 0 Å². The van der Waals surface area contributed by atoms with Gasteiger partial charge in [0.25, 0.3) is 5.91 Å². The standard InChI is InChI=1S/C17H26N2O/c1-4-13-7-5-6-8-15(13)19-17(20)14-10-9-12(2)11-16(14)18-3/h9-11,13,15,18H,4-8H2,1-3H3,(H,19,20). The number of benzene rings is 1. The molecule has 0 bridgehead atoms. The molecule has 1 aliphatic rings. The largest absolute Gasteiger partial charge is 0.387 e. The number of rotatable bonds is 4. The van der Waals surface area contributed by atoms with Gasteiger partial charge in [-0.25, -0.2) is 0 Å². The smallest absolute Gasteiger partial charge is 0.253 e. The molecule has 3 nitrogen and oxygen atoms in total. The number of nitrogens with one attached hydrogen (secondary N) is 2. The molecule has 0 aliphatic heterocycles. The summed E-state index contributed by atoms with van der Waals surface area (Å²) < 4.78 is 0. The van der Waals surface area contributed by atoms with E-state index in [-0.39, 0.29) is 5.91 Å². The van der Waals surface area contributed by atoms with Crippen LogP contribution in [0.2, 0.25) is 0 Å². The molecular formula is C17H26N2O. The molecule has 1 amide bonds. The van der Waals surface area contributed by atoms with E-state index in [9.17, 15) is 4.79 Å². The van der Waals surface area contributed by atoms with Crippen molar-refractivity contribution in [2.75, 3.05) is 12.4 Å². The second-order valence-corrected chi connectivity index (χ2v) is 5.83. The van der Waals surface area contributed by atoms with Crippen molar-refractivity contribution in [3.8, 4) is 0 Å². The molecule has 0 spiro atoms. The first-order chi connectivity index (χ1) is 9.65. The van der Waals surface area contributed by atoms with Gasteiger partial charge in [-0.3, -0.25) is 4.79 Å². The molecule has 0 aromatic heterocycles. The molecule has 1 fully saturated rings. The Morgan fingerprint density at radius 1 is 1.30 bits per heavy atom. The highest BCUT2D eigenvalue weighted by atomic mass is 16.1. The quantitative estimate of drug-likeness (QED) is 0.878. The molecule has 0 heterocycles. The van der Waals surface area contributed by atoms with Crippen molar-refractivity contribution in [2.24, 2.45) is 5.92 Å². The Hall–Kier alpha value is -1.51. The minimum atomic E-state index is 0.0553. The van der Waals surface area contributed by atoms with E-state index in [1.807, 2.05) is 32.2 Å². The summed E-state index contributed by atoms with van der Waals surface area (Å²) in [6, 6.07) is 6.27. The number of hydrogen-bond donors (Lipinski definition) is 2. The molecule has 1 aromatic rings. The highest BCUT2D eigenvalue weighted by molar-refractivity contribution is 5.99. The van der Waals surface area contributed by atoms with Gasteiger partial charge in [0.05, 0.1) is 5.56 Å². The molecule has 1 aliphatic carbocycles. The molecule has 0 saturated heterocycles. The van der Waals surface area contributed by atoms with Crippen LogP contribution in [0.25, 0.3) is 0 Å². The number of aryl methyl sites for hydroxylation is 1. The van der Waals surface area contributed by atoms with E-state index in [4.69, 9.17) is 0 Å². The van der Waals surface area contributed by atoms with Crippen molar-refractivity contribution < 1.29 is 4.79 Å². The van der Waals surface area contributed by atoms with Crippen LogP contribution in [0.15, 0.2) is 18.2 Å². The van der Waals surface area contributed by atoms with Gasteiger partial charge in [-0.1, -0.05) is 32.3 Å². The average molecular weight is 274 g/mol. The molecule has 2 atom stereocenters. The summed E-state index contributed by atoms with van der Waals surface area (Å²) >= 11 is 0. The van der Waals surface area contributed by atoms with Crippen LogP contribution in [-0.4, -0.2) is 19.0 Å². The van der Waals surface area contributed by atoms with Crippen LogP contribution >= 0.6 is 0 Å². The summed E-state index contributed by atoms with van der Waals surface area (Å²) in [6.07, 6.45) is 6.04. The number of carbonyl (C=O) groups is 1. The lowest BCUT2D eigenvalue weighted by Gasteiger charge is -2.31. The molecule has 2 N–H and O–H groups in total. The SMILES string of the molecule is CCC1CCCCC1NC(=O)c1ccc(C)cc1NC. The molecule has 20 heavy (non-hydrogen) atoms. The number of anilines is 1. The van der Waals surface area contributed by atoms with E-state index in [2.05, 4.69) is 17.6 Å². The van der Waals surface area contributed by atoms with Gasteiger partial charge in [-0.05, 0) is 43.4 Å². The fourth-order valence-electron chi connectivity index (χ4n) is 3.20. The van der Waals surface area contributed by atoms with Crippen LogP contribution in [0.5, 0.6) is 0 Å². The Balaban J connectivity index is 2.11. The summed E-state index contributed by atoms with van der Waals surface area (Å²) in [5.74, 6) is 0.691. The fraction of sp³-hybridized carbons (Fsp3) is 0.588. The maximum atomic E-state index is 12.5. The van der Waals surface area contributed by atoms with Crippen molar-refractivity contribution in [3.63, 3.8) is 0 Å². The lowest BCUT2D eigenvalue weighted by Crippen LogP contribution is -2.42. The van der Waals surface area contributed by atoms with Gasteiger partial charge in [-0.2, -0.15) is 0 Å². The van der Waals surface area contributed by atoms with Gasteiger partial charge < -0.3 is 10.6 Å². The van der Waals surface area contributed by atoms with Gasteiger partial charge in [0.2, 0.25) is 0 Å². The van der Waals surface area contributed by atoms with Gasteiger partial charge in [0, 0.05) is 18.8 Å². The third-order valence-corrected chi connectivity index (χ3v) is 4.44. The van der Waals surface area contributed by atoms with Crippen LogP contribution in [0, 0.1) is 12.8 Å². The van der Waals surface area contributed by atoms with Gasteiger partial charge in [0.1, 0.15) is 0 Å². The highest BCUT2D eigenvalue weighted by Crippen LogP contribution is 2.27. The molecule has 2 rings (SSSR count). The van der Waals surface area contributed by atoms with Crippen LogP contribution in [0.4, 0.5) is 5.69 Å². The first kappa shape index (κ1) is 14.9. The third-order valence-electron chi connectivity index (χ3n) is 4.44. The molecular weight excluding hydrogens is 248 g/mol. The normalized spacial score (nSPS) is 22.4. The second kappa shape index (κ2) is 6.78. The fourth-order valence-corrected chi connectivity index (χ4v) is 3.20. The predicted octanol–water partition coefficient (Wildman–Crippen LogP) is 3.74. The van der Waals surface area contributed by atoms with Crippen LogP contribution < -0.4 is 10.6 Å². The summed E-state index contributed by atoms with van der Waals surface area (Å²) in [5, 5.41) is 6.37. The molecule has 1 aromatic carbocycles. The monoisotopic (exact) mass is 274 g/mol. The summed E-state index contributed by atoms with van der Waals surface area (Å²) in [5.41, 5.74) is 2.82. The second-order valence-electron chi connectivity index (χ2n) is 5.83. The lowest BCUT2D eigenvalue weighted by molar-refractivity contribution is 0.0905. The van der Waals surface area contributed by atoms with Crippen molar-refractivity contribution in [1.82, 2.24) is 5.32 Å². The van der Waals surface area contributed by atoms with Gasteiger partial charge in [0.15, 0.2) is 0 Å². The molecule has 110 valence electrons. The highest BCUT2D eigenvalue weighted by Gasteiger charge is 2.25. The Morgan fingerprint density at radius 2 is 2.05 bits per heavy atom. The van der Waals surface area contributed by atoms with Crippen LogP contribution in [0.1, 0.15) is 54.9 Å². The van der Waals surface area contributed by atoms with Crippen molar-refractivity contribution in [2.45, 2.75) is 52.0 Å². The first-order valence-corrected chi connectivity index (χ1v) is 7.75. The zero-order valence-corrected chi connectivity index (χ0v) is 12.8. The minimum Gasteiger partial charge on any atom is -0.387 e. The Labute approximate surface area is 122 Å². The molecule has 0 radical (unpaired) electrons. The average Bonchev–Trinajstić information content (AvgIpc) is 2.47. The van der Waals surface area contributed by atoms with Gasteiger partial charge >= 0.3 is 0 Å². The maximum absolute atomic E-state index is 12.5. The molecule has 2 unspecified atom stereocenters. The van der Waals surface area contributed by atoms with Crippen LogP contribution in [-0.2, 0) is 0 Å². The molecule has 1 saturated carbocycles. The summed E-state index contributed by atoms with van der Waals surface area (Å²) in [6.45, 7) is 4.26. The number of amides is 1. The maximum Gasteiger partial charge on any atom is 0.253 e. The Kier molecular flexibility index (Phi) is 5.05. The lowest BCUT2D eigenvalue weighted by atomic mass is 9.83. The van der Waals surface area contributed by atoms with Crippen molar-refractivity contribution in [1.29, 1.82) is 0 Å². The Bertz CT molecular complexity index is 470. The van der Waals surface area contributed by atoms with Crippen molar-refractivity contribution in [3.05, 3.63) is 29.3 Å². The molecule has 3 heteroatoms. The number of hydrogen-bond acceptors (Lipinski definition) is 2. The number of carbonyl (C=O) groups excluding carboxylic acids is 1. The van der Waals surface area contributed by atoms with E-state index in [1.54, 1.807) is 0 Å². The first-order valence-electron chi connectivity index (χ1n) is 7.75. The Morgan fingerprint density at radius 3 is 2.75 bits per heavy atom. The third kappa shape index (κ3) is 3.33. The summed E-state index contributed by atoms with van der Waals surface area (Å²) in [4.78, 5) is 12.5. The predicted molar refractivity (Wildman–Crippen MR) is 84.2 cm³/mol. The van der Waals surface area contributed by atoms with E-state index >= 15 is 0 Å². The minimum absolute atomic E-state index is 0.0553. The summed E-state index contributed by atoms with van der Waals surface area (Å²) in [7, 11) is 1.86. The van der Waals surface area contributed by atoms with E-state index in [0.29, 0.717) is 12.0 Å². The van der Waals surface area contributed by atoms with Crippen molar-refractivity contribution >= 4 is 11.6 Å². The van der Waals surface area contributed by atoms with Gasteiger partial charge in [-0.15, -0.1) is 0 Å². The topological polar surface area (TPSA) is 41.1 Å². The van der Waals surface area contributed by atoms with E-state index in [0.717, 1.165) is 29.7 Å². The van der Waals surface area contributed by atoms with E-state index in [1.165, 1.54) is 19.3 Å². The van der Waals surface area contributed by atoms with E-state index < -0.39 is 0 Å². The zero-order valence-electron chi connectivity index (χ0n) is 12.8. The zero-order chi connectivity index (χ0) is 14.5.